The van der Waals surface area contributed by atoms with E-state index < -0.39 is 0 Å². The van der Waals surface area contributed by atoms with E-state index in [0.29, 0.717) is 6.54 Å². The highest BCUT2D eigenvalue weighted by Gasteiger charge is 2.08. The van der Waals surface area contributed by atoms with E-state index in [4.69, 9.17) is 0 Å². The molecule has 1 rings (SSSR count). The van der Waals surface area contributed by atoms with Gasteiger partial charge in [0.2, 0.25) is 5.91 Å². The summed E-state index contributed by atoms with van der Waals surface area (Å²) in [6, 6.07) is 3.84. The molecule has 1 atom stereocenters. The molecule has 4 heteroatoms. The van der Waals surface area contributed by atoms with Gasteiger partial charge in [0.15, 0.2) is 0 Å². The van der Waals surface area contributed by atoms with Crippen LogP contribution in [0.1, 0.15) is 31.9 Å². The van der Waals surface area contributed by atoms with Crippen molar-refractivity contribution in [2.45, 2.75) is 26.3 Å². The Kier molecular flexibility index (Phi) is 5.50. The second kappa shape index (κ2) is 6.95. The highest BCUT2D eigenvalue weighted by atomic mass is 16.1. The third kappa shape index (κ3) is 4.40. The molecule has 0 spiro atoms. The molecule has 0 saturated heterocycles. The van der Waals surface area contributed by atoms with Gasteiger partial charge in [-0.1, -0.05) is 6.92 Å². The topological polar surface area (TPSA) is 54.0 Å². The molecule has 0 aliphatic rings. The third-order valence-corrected chi connectivity index (χ3v) is 2.30. The van der Waals surface area contributed by atoms with Crippen LogP contribution in [-0.4, -0.2) is 24.0 Å². The van der Waals surface area contributed by atoms with Crippen LogP contribution < -0.4 is 10.6 Å². The molecule has 0 unspecified atom stereocenters. The zero-order valence-electron chi connectivity index (χ0n) is 9.86. The monoisotopic (exact) mass is 221 g/mol. The van der Waals surface area contributed by atoms with Crippen molar-refractivity contribution in [3.8, 4) is 0 Å². The summed E-state index contributed by atoms with van der Waals surface area (Å²) < 4.78 is 0. The summed E-state index contributed by atoms with van der Waals surface area (Å²) in [7, 11) is 0. The van der Waals surface area contributed by atoms with Gasteiger partial charge in [-0.15, -0.1) is 0 Å². The standard InChI is InChI=1S/C12H19N3O/c1-3-6-14-9-12(16)15-10(2)11-4-7-13-8-5-11/h4-5,7-8,10,14H,3,6,9H2,1-2H3,(H,15,16)/t10-/m1/s1. The largest absolute Gasteiger partial charge is 0.348 e. The first kappa shape index (κ1) is 12.6. The summed E-state index contributed by atoms with van der Waals surface area (Å²) in [5.41, 5.74) is 1.07. The maximum Gasteiger partial charge on any atom is 0.234 e. The first-order valence-electron chi connectivity index (χ1n) is 5.64. The van der Waals surface area contributed by atoms with Gasteiger partial charge in [0, 0.05) is 12.4 Å². The molecule has 88 valence electrons. The predicted molar refractivity (Wildman–Crippen MR) is 64.0 cm³/mol. The van der Waals surface area contributed by atoms with Crippen LogP contribution >= 0.6 is 0 Å². The highest BCUT2D eigenvalue weighted by molar-refractivity contribution is 5.78. The van der Waals surface area contributed by atoms with Crippen LogP contribution in [0, 0.1) is 0 Å². The fraction of sp³-hybridized carbons (Fsp3) is 0.500. The lowest BCUT2D eigenvalue weighted by atomic mass is 10.1. The lowest BCUT2D eigenvalue weighted by Gasteiger charge is -2.14. The van der Waals surface area contributed by atoms with Crippen LogP contribution in [0.15, 0.2) is 24.5 Å². The van der Waals surface area contributed by atoms with Gasteiger partial charge in [0.1, 0.15) is 0 Å². The normalized spacial score (nSPS) is 12.1. The van der Waals surface area contributed by atoms with Crippen molar-refractivity contribution in [1.82, 2.24) is 15.6 Å². The van der Waals surface area contributed by atoms with Crippen molar-refractivity contribution in [2.75, 3.05) is 13.1 Å². The minimum Gasteiger partial charge on any atom is -0.348 e. The highest BCUT2D eigenvalue weighted by Crippen LogP contribution is 2.09. The van der Waals surface area contributed by atoms with Crippen LogP contribution in [0.3, 0.4) is 0 Å². The molecule has 1 aromatic heterocycles. The average molecular weight is 221 g/mol. The lowest BCUT2D eigenvalue weighted by Crippen LogP contribution is -2.35. The van der Waals surface area contributed by atoms with Crippen LogP contribution in [0.4, 0.5) is 0 Å². The van der Waals surface area contributed by atoms with Crippen molar-refractivity contribution < 1.29 is 4.79 Å². The Balaban J connectivity index is 2.34. The van der Waals surface area contributed by atoms with Gasteiger partial charge in [0.25, 0.3) is 0 Å². The molecule has 0 fully saturated rings. The van der Waals surface area contributed by atoms with Gasteiger partial charge < -0.3 is 10.6 Å². The Morgan fingerprint density at radius 1 is 1.44 bits per heavy atom. The van der Waals surface area contributed by atoms with Gasteiger partial charge in [-0.25, -0.2) is 0 Å². The van der Waals surface area contributed by atoms with Gasteiger partial charge in [-0.2, -0.15) is 0 Å². The molecule has 0 radical (unpaired) electrons. The molecule has 1 amide bonds. The Bertz CT molecular complexity index is 313. The molecule has 2 N–H and O–H groups in total. The molecule has 0 bridgehead atoms. The quantitative estimate of drug-likeness (QED) is 0.711. The Morgan fingerprint density at radius 2 is 2.12 bits per heavy atom. The SMILES string of the molecule is CCCNCC(=O)N[C@H](C)c1ccncc1. The van der Waals surface area contributed by atoms with Crippen LogP contribution in [-0.2, 0) is 4.79 Å². The number of amides is 1. The van der Waals surface area contributed by atoms with E-state index in [2.05, 4.69) is 22.5 Å². The van der Waals surface area contributed by atoms with Crippen molar-refractivity contribution in [3.05, 3.63) is 30.1 Å². The number of hydrogen-bond donors (Lipinski definition) is 2. The lowest BCUT2D eigenvalue weighted by molar-refractivity contribution is -0.120. The van der Waals surface area contributed by atoms with Crippen molar-refractivity contribution in [1.29, 1.82) is 0 Å². The number of rotatable bonds is 6. The maximum absolute atomic E-state index is 11.5. The Hall–Kier alpha value is -1.42. The maximum atomic E-state index is 11.5. The molecule has 0 aliphatic heterocycles. The van der Waals surface area contributed by atoms with Crippen molar-refractivity contribution in [2.24, 2.45) is 0 Å². The smallest absolute Gasteiger partial charge is 0.234 e. The van der Waals surface area contributed by atoms with E-state index in [9.17, 15) is 4.79 Å². The minimum atomic E-state index is 0.0257. The first-order chi connectivity index (χ1) is 7.74. The summed E-state index contributed by atoms with van der Waals surface area (Å²) in [5, 5.41) is 5.99. The third-order valence-electron chi connectivity index (χ3n) is 2.30. The van der Waals surface area contributed by atoms with Crippen LogP contribution in [0.2, 0.25) is 0 Å². The number of carbonyl (C=O) groups is 1. The summed E-state index contributed by atoms with van der Waals surface area (Å²) >= 11 is 0. The number of nitrogens with zero attached hydrogens (tertiary/aromatic N) is 1. The summed E-state index contributed by atoms with van der Waals surface area (Å²) in [4.78, 5) is 15.5. The zero-order valence-corrected chi connectivity index (χ0v) is 9.86. The molecule has 1 aromatic rings. The van der Waals surface area contributed by atoms with Gasteiger partial charge in [0.05, 0.1) is 12.6 Å². The fourth-order valence-electron chi connectivity index (χ4n) is 1.41. The Morgan fingerprint density at radius 3 is 2.75 bits per heavy atom. The van der Waals surface area contributed by atoms with Gasteiger partial charge in [-0.3, -0.25) is 9.78 Å². The molecular weight excluding hydrogens is 202 g/mol. The summed E-state index contributed by atoms with van der Waals surface area (Å²) in [6.07, 6.45) is 4.49. The number of carbonyl (C=O) groups excluding carboxylic acids is 1. The molecule has 0 aromatic carbocycles. The van der Waals surface area contributed by atoms with Crippen LogP contribution in [0.25, 0.3) is 0 Å². The fourth-order valence-corrected chi connectivity index (χ4v) is 1.41. The molecule has 4 nitrogen and oxygen atoms in total. The average Bonchev–Trinajstić information content (AvgIpc) is 2.30. The van der Waals surface area contributed by atoms with Gasteiger partial charge in [-0.05, 0) is 37.6 Å². The minimum absolute atomic E-state index is 0.0257. The Labute approximate surface area is 96.5 Å². The van der Waals surface area contributed by atoms with E-state index in [1.807, 2.05) is 19.1 Å². The van der Waals surface area contributed by atoms with E-state index in [1.54, 1.807) is 12.4 Å². The molecule has 16 heavy (non-hydrogen) atoms. The number of hydrogen-bond acceptors (Lipinski definition) is 3. The second-order valence-corrected chi connectivity index (χ2v) is 3.75. The van der Waals surface area contributed by atoms with E-state index in [1.165, 1.54) is 0 Å². The van der Waals surface area contributed by atoms with E-state index in [-0.39, 0.29) is 11.9 Å². The second-order valence-electron chi connectivity index (χ2n) is 3.75. The summed E-state index contributed by atoms with van der Waals surface area (Å²) in [6.45, 7) is 5.29. The first-order valence-corrected chi connectivity index (χ1v) is 5.64. The number of nitrogens with one attached hydrogen (secondary N) is 2. The van der Waals surface area contributed by atoms with E-state index >= 15 is 0 Å². The molecule has 1 heterocycles. The summed E-state index contributed by atoms with van der Waals surface area (Å²) in [5.74, 6) is 0.0257. The predicted octanol–water partition coefficient (Wildman–Crippen LogP) is 1.26. The van der Waals surface area contributed by atoms with E-state index in [0.717, 1.165) is 18.5 Å². The van der Waals surface area contributed by atoms with Gasteiger partial charge >= 0.3 is 0 Å². The zero-order chi connectivity index (χ0) is 11.8. The molecule has 0 saturated carbocycles. The van der Waals surface area contributed by atoms with Crippen molar-refractivity contribution >= 4 is 5.91 Å². The van der Waals surface area contributed by atoms with Crippen LogP contribution in [0.5, 0.6) is 0 Å². The molecular formula is C12H19N3O. The number of pyridine rings is 1. The van der Waals surface area contributed by atoms with Crippen molar-refractivity contribution in [3.63, 3.8) is 0 Å². The molecule has 0 aliphatic carbocycles. The number of aromatic nitrogens is 1.